The second kappa shape index (κ2) is 8.88. The Hall–Kier alpha value is -3.77. The normalized spacial score (nSPS) is 12.5. The summed E-state index contributed by atoms with van der Waals surface area (Å²) in [5.41, 5.74) is 6.23. The van der Waals surface area contributed by atoms with Crippen molar-refractivity contribution >= 4 is 34.5 Å². The highest BCUT2D eigenvalue weighted by molar-refractivity contribution is 7.14. The first-order valence-corrected chi connectivity index (χ1v) is 12.0. The molecule has 0 atom stereocenters. The fourth-order valence-electron chi connectivity index (χ4n) is 4.40. The van der Waals surface area contributed by atoms with Crippen LogP contribution in [0, 0.1) is 19.7 Å². The molecule has 0 saturated carbocycles. The number of halogens is 1. The van der Waals surface area contributed by atoms with E-state index in [1.54, 1.807) is 42.5 Å². The highest BCUT2D eigenvalue weighted by atomic mass is 32.1. The van der Waals surface area contributed by atoms with Gasteiger partial charge in [-0.15, -0.1) is 11.3 Å². The molecule has 2 heterocycles. The lowest BCUT2D eigenvalue weighted by Crippen LogP contribution is -2.32. The summed E-state index contributed by atoms with van der Waals surface area (Å²) in [5, 5.41) is 4.84. The molecular formula is C28H23FN2O2S. The molecule has 34 heavy (non-hydrogen) atoms. The first-order chi connectivity index (χ1) is 16.4. The van der Waals surface area contributed by atoms with Crippen LogP contribution in [0.3, 0.4) is 0 Å². The van der Waals surface area contributed by atoms with Crippen LogP contribution in [-0.4, -0.2) is 18.4 Å². The number of fused-ring (bicyclic) bond motifs is 3. The van der Waals surface area contributed by atoms with Gasteiger partial charge in [-0.05, 0) is 84.3 Å². The van der Waals surface area contributed by atoms with Gasteiger partial charge in [0.05, 0.1) is 10.6 Å². The quantitative estimate of drug-likeness (QED) is 0.366. The van der Waals surface area contributed by atoms with Crippen molar-refractivity contribution in [1.82, 2.24) is 0 Å². The Labute approximate surface area is 201 Å². The van der Waals surface area contributed by atoms with Crippen molar-refractivity contribution in [2.75, 3.05) is 16.8 Å². The maximum Gasteiger partial charge on any atom is 0.258 e. The van der Waals surface area contributed by atoms with Crippen molar-refractivity contribution in [2.45, 2.75) is 20.3 Å². The van der Waals surface area contributed by atoms with Crippen LogP contribution in [0.4, 0.5) is 15.8 Å². The Morgan fingerprint density at radius 2 is 1.76 bits per heavy atom. The smallest absolute Gasteiger partial charge is 0.258 e. The molecule has 170 valence electrons. The van der Waals surface area contributed by atoms with E-state index in [0.717, 1.165) is 22.5 Å². The molecule has 0 radical (unpaired) electrons. The van der Waals surface area contributed by atoms with Crippen LogP contribution < -0.4 is 10.2 Å². The van der Waals surface area contributed by atoms with E-state index in [2.05, 4.69) is 17.4 Å². The zero-order chi connectivity index (χ0) is 23.8. The van der Waals surface area contributed by atoms with Crippen LogP contribution in [0.2, 0.25) is 0 Å². The zero-order valence-electron chi connectivity index (χ0n) is 18.9. The average Bonchev–Trinajstić information content (AvgIpc) is 3.24. The maximum atomic E-state index is 13.6. The van der Waals surface area contributed by atoms with E-state index in [1.807, 2.05) is 35.4 Å². The second-order valence-corrected chi connectivity index (χ2v) is 9.36. The Balaban J connectivity index is 1.41. The highest BCUT2D eigenvalue weighted by Crippen LogP contribution is 2.41. The van der Waals surface area contributed by atoms with Crippen LogP contribution in [0.15, 0.2) is 72.1 Å². The third kappa shape index (κ3) is 4.01. The minimum Gasteiger partial charge on any atom is -0.322 e. The molecule has 4 nitrogen and oxygen atoms in total. The number of hydrogen-bond acceptors (Lipinski definition) is 3. The van der Waals surface area contributed by atoms with Crippen molar-refractivity contribution in [3.63, 3.8) is 0 Å². The number of thiophene rings is 1. The number of amides is 2. The molecule has 4 aromatic rings. The average molecular weight is 471 g/mol. The molecular weight excluding hydrogens is 447 g/mol. The van der Waals surface area contributed by atoms with Crippen molar-refractivity contribution in [1.29, 1.82) is 0 Å². The van der Waals surface area contributed by atoms with Crippen LogP contribution >= 0.6 is 11.3 Å². The van der Waals surface area contributed by atoms with Crippen molar-refractivity contribution < 1.29 is 14.0 Å². The van der Waals surface area contributed by atoms with Gasteiger partial charge < -0.3 is 10.2 Å². The van der Waals surface area contributed by atoms with Crippen LogP contribution in [0.25, 0.3) is 10.4 Å². The molecule has 1 aliphatic heterocycles. The molecule has 1 aromatic heterocycles. The SMILES string of the molecule is Cc1ccc(F)cc1C(=O)Nc1ccc(C(=O)N2CCc3ccccc3-c3sccc32)c(C)c1. The lowest BCUT2D eigenvalue weighted by atomic mass is 10.0. The molecule has 0 fully saturated rings. The predicted molar refractivity (Wildman–Crippen MR) is 135 cm³/mol. The third-order valence-corrected chi connectivity index (χ3v) is 7.14. The lowest BCUT2D eigenvalue weighted by molar-refractivity contribution is 0.0985. The van der Waals surface area contributed by atoms with E-state index in [0.29, 0.717) is 23.4 Å². The van der Waals surface area contributed by atoms with Gasteiger partial charge in [-0.2, -0.15) is 0 Å². The molecule has 1 aliphatic rings. The summed E-state index contributed by atoms with van der Waals surface area (Å²) in [7, 11) is 0. The first kappa shape index (κ1) is 22.0. The van der Waals surface area contributed by atoms with Crippen molar-refractivity contribution in [3.8, 4) is 10.4 Å². The molecule has 6 heteroatoms. The fraction of sp³-hybridized carbons (Fsp3) is 0.143. The fourth-order valence-corrected chi connectivity index (χ4v) is 5.36. The van der Waals surface area contributed by atoms with Gasteiger partial charge in [0.1, 0.15) is 5.82 Å². The van der Waals surface area contributed by atoms with E-state index < -0.39 is 5.82 Å². The van der Waals surface area contributed by atoms with E-state index >= 15 is 0 Å². The number of anilines is 2. The summed E-state index contributed by atoms with van der Waals surface area (Å²) < 4.78 is 13.6. The molecule has 0 spiro atoms. The number of nitrogens with one attached hydrogen (secondary N) is 1. The molecule has 5 rings (SSSR count). The Kier molecular flexibility index (Phi) is 5.75. The monoisotopic (exact) mass is 470 g/mol. The number of carbonyl (C=O) groups excluding carboxylic acids is 2. The lowest BCUT2D eigenvalue weighted by Gasteiger charge is -2.22. The number of carbonyl (C=O) groups is 2. The first-order valence-electron chi connectivity index (χ1n) is 11.1. The van der Waals surface area contributed by atoms with Crippen molar-refractivity contribution in [2.24, 2.45) is 0 Å². The third-order valence-electron chi connectivity index (χ3n) is 6.21. The summed E-state index contributed by atoms with van der Waals surface area (Å²) in [6, 6.07) is 19.7. The molecule has 3 aromatic carbocycles. The molecule has 0 unspecified atom stereocenters. The predicted octanol–water partition coefficient (Wildman–Crippen LogP) is 6.63. The second-order valence-electron chi connectivity index (χ2n) is 8.44. The Bertz CT molecular complexity index is 1430. The van der Waals surface area contributed by atoms with E-state index in [1.165, 1.54) is 23.3 Å². The Morgan fingerprint density at radius 3 is 2.59 bits per heavy atom. The maximum absolute atomic E-state index is 13.6. The highest BCUT2D eigenvalue weighted by Gasteiger charge is 2.26. The molecule has 0 bridgehead atoms. The van der Waals surface area contributed by atoms with Gasteiger partial charge >= 0.3 is 0 Å². The minimum atomic E-state index is -0.458. The van der Waals surface area contributed by atoms with E-state index in [-0.39, 0.29) is 17.4 Å². The summed E-state index contributed by atoms with van der Waals surface area (Å²) in [4.78, 5) is 29.2. The van der Waals surface area contributed by atoms with Crippen LogP contribution in [0.5, 0.6) is 0 Å². The summed E-state index contributed by atoms with van der Waals surface area (Å²) in [6.45, 7) is 4.22. The number of hydrogen-bond donors (Lipinski definition) is 1. The van der Waals surface area contributed by atoms with E-state index in [4.69, 9.17) is 0 Å². The van der Waals surface area contributed by atoms with Gasteiger partial charge in [0.25, 0.3) is 11.8 Å². The van der Waals surface area contributed by atoms with Gasteiger partial charge in [0, 0.05) is 23.4 Å². The minimum absolute atomic E-state index is 0.0659. The zero-order valence-corrected chi connectivity index (χ0v) is 19.7. The molecule has 1 N–H and O–H groups in total. The van der Waals surface area contributed by atoms with Gasteiger partial charge in [-0.1, -0.05) is 30.3 Å². The number of benzene rings is 3. The molecule has 0 aliphatic carbocycles. The Morgan fingerprint density at radius 1 is 0.941 bits per heavy atom. The number of rotatable bonds is 3. The number of aryl methyl sites for hydroxylation is 2. The van der Waals surface area contributed by atoms with Crippen molar-refractivity contribution in [3.05, 3.63) is 106 Å². The van der Waals surface area contributed by atoms with Gasteiger partial charge in [0.2, 0.25) is 0 Å². The molecule has 0 saturated heterocycles. The summed E-state index contributed by atoms with van der Waals surface area (Å²) >= 11 is 1.64. The van der Waals surface area contributed by atoms with Gasteiger partial charge in [-0.25, -0.2) is 4.39 Å². The topological polar surface area (TPSA) is 49.4 Å². The summed E-state index contributed by atoms with van der Waals surface area (Å²) in [5.74, 6) is -0.909. The largest absolute Gasteiger partial charge is 0.322 e. The van der Waals surface area contributed by atoms with Gasteiger partial charge in [-0.3, -0.25) is 9.59 Å². The van der Waals surface area contributed by atoms with Crippen LogP contribution in [0.1, 0.15) is 37.4 Å². The van der Waals surface area contributed by atoms with Crippen LogP contribution in [-0.2, 0) is 6.42 Å². The van der Waals surface area contributed by atoms with Gasteiger partial charge in [0.15, 0.2) is 0 Å². The number of nitrogens with zero attached hydrogens (tertiary/aromatic N) is 1. The summed E-state index contributed by atoms with van der Waals surface area (Å²) in [6.07, 6.45) is 0.781. The standard InChI is InChI=1S/C28H23FN2O2S/c1-17-7-8-20(29)16-24(17)27(32)30-21-9-10-22(18(2)15-21)28(33)31-13-11-19-5-3-4-6-23(19)26-25(31)12-14-34-26/h3-10,12,14-16H,11,13H2,1-2H3,(H,30,32). The van der Waals surface area contributed by atoms with E-state index in [9.17, 15) is 14.0 Å². The molecule has 2 amide bonds.